The average Bonchev–Trinajstić information content (AvgIpc) is 2.84. The summed E-state index contributed by atoms with van der Waals surface area (Å²) in [5.41, 5.74) is 4.51. The van der Waals surface area contributed by atoms with Crippen LogP contribution in [0.1, 0.15) is 36.6 Å². The second kappa shape index (κ2) is 11.8. The van der Waals surface area contributed by atoms with Crippen molar-refractivity contribution in [2.24, 2.45) is 4.99 Å². The molecule has 0 saturated carbocycles. The van der Waals surface area contributed by atoms with Crippen molar-refractivity contribution >= 4 is 34.5 Å². The lowest BCUT2D eigenvalue weighted by Gasteiger charge is -2.26. The zero-order valence-corrected chi connectivity index (χ0v) is 21.7. The molecule has 0 fully saturated rings. The molecule has 3 rings (SSSR count). The number of rotatable bonds is 8. The van der Waals surface area contributed by atoms with Crippen LogP contribution in [0.5, 0.6) is 11.5 Å². The molecule has 35 heavy (non-hydrogen) atoms. The Bertz CT molecular complexity index is 1160. The first-order valence-electron chi connectivity index (χ1n) is 11.2. The van der Waals surface area contributed by atoms with E-state index in [1.807, 2.05) is 38.1 Å². The minimum atomic E-state index is -0.666. The first kappa shape index (κ1) is 26.2. The Kier molecular flexibility index (Phi) is 8.81. The molecule has 1 aliphatic heterocycles. The summed E-state index contributed by atoms with van der Waals surface area (Å²) in [7, 11) is 3.13. The van der Waals surface area contributed by atoms with Gasteiger partial charge in [-0.2, -0.15) is 0 Å². The number of esters is 1. The zero-order valence-electron chi connectivity index (χ0n) is 20.9. The summed E-state index contributed by atoms with van der Waals surface area (Å²) >= 11 is 1.26. The van der Waals surface area contributed by atoms with Gasteiger partial charge in [-0.25, -0.2) is 9.79 Å². The lowest BCUT2D eigenvalue weighted by Crippen LogP contribution is -2.31. The Morgan fingerprint density at radius 2 is 1.80 bits per heavy atom. The van der Waals surface area contributed by atoms with Gasteiger partial charge in [0.15, 0.2) is 5.17 Å². The Balaban J connectivity index is 1.87. The molecule has 0 aromatic heterocycles. The highest BCUT2D eigenvalue weighted by molar-refractivity contribution is 8.14. The fourth-order valence-corrected chi connectivity index (χ4v) is 4.53. The van der Waals surface area contributed by atoms with E-state index in [0.29, 0.717) is 33.5 Å². The van der Waals surface area contributed by atoms with Crippen LogP contribution in [0.15, 0.2) is 52.7 Å². The lowest BCUT2D eigenvalue weighted by atomic mass is 9.95. The van der Waals surface area contributed by atoms with Crippen LogP contribution in [0.3, 0.4) is 0 Å². The summed E-state index contributed by atoms with van der Waals surface area (Å²) in [6.07, 6.45) is 0. The third-order valence-electron chi connectivity index (χ3n) is 5.53. The van der Waals surface area contributed by atoms with Crippen molar-refractivity contribution in [1.29, 1.82) is 0 Å². The van der Waals surface area contributed by atoms with E-state index >= 15 is 0 Å². The first-order valence-corrected chi connectivity index (χ1v) is 12.2. The van der Waals surface area contributed by atoms with Crippen molar-refractivity contribution in [3.63, 3.8) is 0 Å². The minimum Gasteiger partial charge on any atom is -0.497 e. The van der Waals surface area contributed by atoms with Gasteiger partial charge in [-0.05, 0) is 51.0 Å². The van der Waals surface area contributed by atoms with Gasteiger partial charge in [-0.1, -0.05) is 30.0 Å². The molecule has 186 valence electrons. The minimum absolute atomic E-state index is 0.145. The number of amidine groups is 1. The molecule has 0 unspecified atom stereocenters. The zero-order chi connectivity index (χ0) is 25.5. The molecule has 1 aliphatic rings. The largest absolute Gasteiger partial charge is 0.497 e. The predicted molar refractivity (Wildman–Crippen MR) is 139 cm³/mol. The van der Waals surface area contributed by atoms with Gasteiger partial charge in [0.1, 0.15) is 17.5 Å². The number of carbonyl (C=O) groups excluding carboxylic acids is 2. The van der Waals surface area contributed by atoms with Crippen LogP contribution >= 0.6 is 11.8 Å². The van der Waals surface area contributed by atoms with Crippen LogP contribution in [0.25, 0.3) is 0 Å². The maximum absolute atomic E-state index is 12.8. The van der Waals surface area contributed by atoms with E-state index < -0.39 is 12.0 Å². The Labute approximate surface area is 210 Å². The molecule has 2 N–H and O–H groups in total. The van der Waals surface area contributed by atoms with Gasteiger partial charge in [-0.15, -0.1) is 0 Å². The van der Waals surface area contributed by atoms with Gasteiger partial charge < -0.3 is 24.8 Å². The molecule has 1 atom stereocenters. The second-order valence-corrected chi connectivity index (χ2v) is 8.90. The monoisotopic (exact) mass is 497 g/mol. The first-order chi connectivity index (χ1) is 16.8. The topological polar surface area (TPSA) is 98.2 Å². The van der Waals surface area contributed by atoms with Crippen LogP contribution in [-0.2, 0) is 14.3 Å². The van der Waals surface area contributed by atoms with E-state index in [1.165, 1.54) is 11.8 Å². The Hall–Kier alpha value is -3.46. The molecule has 8 nitrogen and oxygen atoms in total. The molecule has 2 aromatic rings. The van der Waals surface area contributed by atoms with E-state index in [-0.39, 0.29) is 18.3 Å². The van der Waals surface area contributed by atoms with Crippen LogP contribution in [0, 0.1) is 13.8 Å². The number of carbonyl (C=O) groups is 2. The molecular formula is C26H31N3O5S. The summed E-state index contributed by atoms with van der Waals surface area (Å²) in [5.74, 6) is 0.703. The molecule has 9 heteroatoms. The van der Waals surface area contributed by atoms with Crippen LogP contribution in [-0.4, -0.2) is 43.6 Å². The average molecular weight is 498 g/mol. The third-order valence-corrected chi connectivity index (χ3v) is 6.42. The number of aryl methyl sites for hydroxylation is 2. The quantitative estimate of drug-likeness (QED) is 0.517. The highest BCUT2D eigenvalue weighted by Crippen LogP contribution is 2.39. The Morgan fingerprint density at radius 1 is 1.09 bits per heavy atom. The highest BCUT2D eigenvalue weighted by atomic mass is 32.2. The second-order valence-electron chi connectivity index (χ2n) is 7.93. The molecule has 0 aliphatic carbocycles. The van der Waals surface area contributed by atoms with Crippen LogP contribution in [0.4, 0.5) is 5.69 Å². The van der Waals surface area contributed by atoms with Gasteiger partial charge in [0.2, 0.25) is 5.91 Å². The van der Waals surface area contributed by atoms with E-state index in [0.717, 1.165) is 16.8 Å². The number of ether oxygens (including phenoxy) is 3. The van der Waals surface area contributed by atoms with Gasteiger partial charge in [0, 0.05) is 23.0 Å². The van der Waals surface area contributed by atoms with Gasteiger partial charge in [-0.3, -0.25) is 4.79 Å². The van der Waals surface area contributed by atoms with E-state index in [2.05, 4.69) is 10.6 Å². The van der Waals surface area contributed by atoms with E-state index in [4.69, 9.17) is 19.2 Å². The Morgan fingerprint density at radius 3 is 2.43 bits per heavy atom. The highest BCUT2D eigenvalue weighted by Gasteiger charge is 2.32. The summed E-state index contributed by atoms with van der Waals surface area (Å²) in [6, 6.07) is 10.6. The smallest absolute Gasteiger partial charge is 0.338 e. The maximum atomic E-state index is 12.8. The molecule has 0 saturated heterocycles. The number of hydrogen-bond donors (Lipinski definition) is 2. The van der Waals surface area contributed by atoms with E-state index in [1.54, 1.807) is 40.2 Å². The number of nitrogens with one attached hydrogen (secondary N) is 2. The number of thioether (sulfide) groups is 1. The lowest BCUT2D eigenvalue weighted by molar-refractivity contribution is -0.139. The summed E-state index contributed by atoms with van der Waals surface area (Å²) < 4.78 is 16.2. The molecule has 1 heterocycles. The van der Waals surface area contributed by atoms with Crippen molar-refractivity contribution in [1.82, 2.24) is 5.32 Å². The van der Waals surface area contributed by atoms with Gasteiger partial charge >= 0.3 is 5.97 Å². The number of hydrogen-bond acceptors (Lipinski definition) is 8. The third kappa shape index (κ3) is 6.16. The van der Waals surface area contributed by atoms with Crippen molar-refractivity contribution in [2.75, 3.05) is 31.9 Å². The van der Waals surface area contributed by atoms with Crippen LogP contribution < -0.4 is 20.1 Å². The summed E-state index contributed by atoms with van der Waals surface area (Å²) in [4.78, 5) is 30.3. The maximum Gasteiger partial charge on any atom is 0.338 e. The van der Waals surface area contributed by atoms with Crippen molar-refractivity contribution in [3.05, 3.63) is 64.4 Å². The van der Waals surface area contributed by atoms with Crippen molar-refractivity contribution < 1.29 is 23.8 Å². The number of nitrogens with zero attached hydrogens (tertiary/aromatic N) is 1. The summed E-state index contributed by atoms with van der Waals surface area (Å²) in [5, 5.41) is 6.66. The molecular weight excluding hydrogens is 466 g/mol. The number of methoxy groups -OCH3 is 2. The normalized spacial score (nSPS) is 15.1. The van der Waals surface area contributed by atoms with E-state index in [9.17, 15) is 9.59 Å². The number of amides is 1. The number of allylic oxidation sites excluding steroid dienone is 1. The number of aliphatic imine (C=N–C) groups is 1. The molecule has 0 spiro atoms. The molecule has 0 bridgehead atoms. The van der Waals surface area contributed by atoms with Gasteiger partial charge in [0.05, 0.1) is 32.2 Å². The van der Waals surface area contributed by atoms with Crippen LogP contribution in [0.2, 0.25) is 0 Å². The predicted octanol–water partition coefficient (Wildman–Crippen LogP) is 4.53. The standard InChI is InChI=1S/C26H31N3O5S/c1-7-34-25(31)22-17(4)27-26(29-24(22)19-12-11-18(32-5)13-20(19)33-6)35-14-21(30)28-23-15(2)9-8-10-16(23)3/h8-13,24H,7,14H2,1-6H3,(H,27,29)(H,28,30)/t24-/m1/s1. The van der Waals surface area contributed by atoms with Gasteiger partial charge in [0.25, 0.3) is 0 Å². The fraction of sp³-hybridized carbons (Fsp3) is 0.346. The SMILES string of the molecule is CCOC(=O)C1=C(C)NC(SCC(=O)Nc2c(C)cccc2C)=N[C@@H]1c1ccc(OC)cc1OC. The summed E-state index contributed by atoms with van der Waals surface area (Å²) in [6.45, 7) is 7.71. The number of para-hydroxylation sites is 1. The fourth-order valence-electron chi connectivity index (χ4n) is 3.78. The molecule has 0 radical (unpaired) electrons. The number of benzene rings is 2. The van der Waals surface area contributed by atoms with Crippen molar-refractivity contribution in [2.45, 2.75) is 33.7 Å². The van der Waals surface area contributed by atoms with Crippen molar-refractivity contribution in [3.8, 4) is 11.5 Å². The molecule has 2 aromatic carbocycles. The number of anilines is 1. The molecule has 1 amide bonds.